The Morgan fingerprint density at radius 2 is 2.03 bits per heavy atom. The van der Waals surface area contributed by atoms with E-state index in [2.05, 4.69) is 39.1 Å². The standard InChI is InChI=1S/C24H30N2O2S/c1-6-16-7-10-18(11-8-16)28-15(2)22(27)26-23-20(14-25)19-12-9-17(24(3,4)5)13-21(19)29-23/h7-8,10-11,15,17H,6,9,12-13H2,1-5H3,(H,26,27)/t15-,17-/m1/s1. The summed E-state index contributed by atoms with van der Waals surface area (Å²) in [5.41, 5.74) is 3.22. The zero-order valence-electron chi connectivity index (χ0n) is 18.0. The molecule has 3 rings (SSSR count). The third kappa shape index (κ3) is 4.82. The van der Waals surface area contributed by atoms with E-state index >= 15 is 0 Å². The van der Waals surface area contributed by atoms with E-state index < -0.39 is 6.10 Å². The van der Waals surface area contributed by atoms with Crippen molar-refractivity contribution in [2.24, 2.45) is 11.3 Å². The summed E-state index contributed by atoms with van der Waals surface area (Å²) in [5, 5.41) is 13.3. The van der Waals surface area contributed by atoms with Gasteiger partial charge in [0.15, 0.2) is 6.10 Å². The summed E-state index contributed by atoms with van der Waals surface area (Å²) in [6.07, 6.45) is 3.29. The lowest BCUT2D eigenvalue weighted by Gasteiger charge is -2.33. The molecule has 1 N–H and O–H groups in total. The predicted molar refractivity (Wildman–Crippen MR) is 119 cm³/mol. The molecule has 0 unspecified atom stereocenters. The van der Waals surface area contributed by atoms with Gasteiger partial charge in [-0.05, 0) is 67.2 Å². The number of hydrogen-bond acceptors (Lipinski definition) is 4. The molecule has 0 saturated heterocycles. The lowest BCUT2D eigenvalue weighted by atomic mass is 9.72. The van der Waals surface area contributed by atoms with Crippen LogP contribution in [0.2, 0.25) is 0 Å². The summed E-state index contributed by atoms with van der Waals surface area (Å²) < 4.78 is 5.79. The van der Waals surface area contributed by atoms with Crippen molar-refractivity contribution >= 4 is 22.2 Å². The van der Waals surface area contributed by atoms with Crippen molar-refractivity contribution in [3.63, 3.8) is 0 Å². The van der Waals surface area contributed by atoms with Gasteiger partial charge in [0.2, 0.25) is 0 Å². The van der Waals surface area contributed by atoms with Crippen LogP contribution >= 0.6 is 11.3 Å². The van der Waals surface area contributed by atoms with Crippen LogP contribution in [0.25, 0.3) is 0 Å². The van der Waals surface area contributed by atoms with E-state index in [9.17, 15) is 10.1 Å². The maximum atomic E-state index is 12.7. The van der Waals surface area contributed by atoms with Crippen molar-refractivity contribution in [3.05, 3.63) is 45.8 Å². The largest absolute Gasteiger partial charge is 0.481 e. The van der Waals surface area contributed by atoms with Crippen LogP contribution in [-0.4, -0.2) is 12.0 Å². The fraction of sp³-hybridized carbons (Fsp3) is 0.500. The van der Waals surface area contributed by atoms with Crippen LogP contribution in [0.4, 0.5) is 5.00 Å². The summed E-state index contributed by atoms with van der Waals surface area (Å²) in [4.78, 5) is 13.9. The monoisotopic (exact) mass is 410 g/mol. The average molecular weight is 411 g/mol. The number of carbonyl (C=O) groups is 1. The average Bonchev–Trinajstić information content (AvgIpc) is 3.03. The van der Waals surface area contributed by atoms with Crippen LogP contribution in [0.1, 0.15) is 62.6 Å². The molecular formula is C24H30N2O2S. The number of nitrogens with one attached hydrogen (secondary N) is 1. The molecule has 1 amide bonds. The molecule has 0 aliphatic heterocycles. The Labute approximate surface area is 177 Å². The predicted octanol–water partition coefficient (Wildman–Crippen LogP) is 5.74. The van der Waals surface area contributed by atoms with Crippen LogP contribution in [-0.2, 0) is 24.1 Å². The number of benzene rings is 1. The quantitative estimate of drug-likeness (QED) is 0.684. The lowest BCUT2D eigenvalue weighted by Crippen LogP contribution is -2.30. The molecule has 0 spiro atoms. The molecule has 1 aliphatic rings. The number of aryl methyl sites for hydroxylation is 1. The minimum atomic E-state index is -0.643. The third-order valence-electron chi connectivity index (χ3n) is 5.85. The van der Waals surface area contributed by atoms with Crippen LogP contribution in [0.3, 0.4) is 0 Å². The first-order chi connectivity index (χ1) is 13.7. The Morgan fingerprint density at radius 3 is 2.62 bits per heavy atom. The molecule has 154 valence electrons. The number of fused-ring (bicyclic) bond motifs is 1. The first kappa shape index (κ1) is 21.4. The summed E-state index contributed by atoms with van der Waals surface area (Å²) in [6.45, 7) is 10.7. The van der Waals surface area contributed by atoms with Gasteiger partial charge < -0.3 is 10.1 Å². The second-order valence-electron chi connectivity index (χ2n) is 8.87. The van der Waals surface area contributed by atoms with Crippen molar-refractivity contribution in [1.29, 1.82) is 5.26 Å². The fourth-order valence-electron chi connectivity index (χ4n) is 3.81. The molecule has 0 saturated carbocycles. The molecule has 1 heterocycles. The molecule has 5 heteroatoms. The van der Waals surface area contributed by atoms with E-state index in [1.165, 1.54) is 10.4 Å². The molecule has 4 nitrogen and oxygen atoms in total. The highest BCUT2D eigenvalue weighted by Gasteiger charge is 2.32. The van der Waals surface area contributed by atoms with E-state index in [4.69, 9.17) is 4.74 Å². The van der Waals surface area contributed by atoms with Crippen molar-refractivity contribution in [1.82, 2.24) is 0 Å². The molecule has 2 atom stereocenters. The Bertz CT molecular complexity index is 916. The van der Waals surface area contributed by atoms with Gasteiger partial charge in [-0.25, -0.2) is 0 Å². The Kier molecular flexibility index (Phi) is 6.33. The SMILES string of the molecule is CCc1ccc(O[C@H](C)C(=O)Nc2sc3c(c2C#N)CC[C@@H](C(C)(C)C)C3)cc1. The maximum absolute atomic E-state index is 12.7. The van der Waals surface area contributed by atoms with E-state index in [1.54, 1.807) is 18.3 Å². The summed E-state index contributed by atoms with van der Waals surface area (Å²) in [6, 6.07) is 10.1. The number of anilines is 1. The Balaban J connectivity index is 1.71. The normalized spacial score (nSPS) is 17.2. The number of nitrogens with zero attached hydrogens (tertiary/aromatic N) is 1. The van der Waals surface area contributed by atoms with Gasteiger partial charge in [-0.15, -0.1) is 11.3 Å². The van der Waals surface area contributed by atoms with Crippen LogP contribution in [0.15, 0.2) is 24.3 Å². The highest BCUT2D eigenvalue weighted by molar-refractivity contribution is 7.16. The van der Waals surface area contributed by atoms with Gasteiger partial charge in [-0.2, -0.15) is 5.26 Å². The molecule has 29 heavy (non-hydrogen) atoms. The van der Waals surface area contributed by atoms with E-state index in [-0.39, 0.29) is 11.3 Å². The van der Waals surface area contributed by atoms with Gasteiger partial charge >= 0.3 is 0 Å². The van der Waals surface area contributed by atoms with E-state index in [0.717, 1.165) is 31.2 Å². The number of hydrogen-bond donors (Lipinski definition) is 1. The highest BCUT2D eigenvalue weighted by atomic mass is 32.1. The van der Waals surface area contributed by atoms with Crippen LogP contribution < -0.4 is 10.1 Å². The number of nitriles is 1. The second kappa shape index (κ2) is 8.59. The molecular weight excluding hydrogens is 380 g/mol. The van der Waals surface area contributed by atoms with Crippen molar-refractivity contribution in [2.45, 2.75) is 66.4 Å². The fourth-order valence-corrected chi connectivity index (χ4v) is 5.09. The van der Waals surface area contributed by atoms with Crippen molar-refractivity contribution in [2.75, 3.05) is 5.32 Å². The van der Waals surface area contributed by atoms with Gasteiger partial charge in [0.05, 0.1) is 5.56 Å². The van der Waals surface area contributed by atoms with Crippen LogP contribution in [0.5, 0.6) is 5.75 Å². The van der Waals surface area contributed by atoms with Crippen molar-refractivity contribution < 1.29 is 9.53 Å². The topological polar surface area (TPSA) is 62.1 Å². The molecule has 1 aliphatic carbocycles. The number of ether oxygens (including phenoxy) is 1. The summed E-state index contributed by atoms with van der Waals surface area (Å²) in [7, 11) is 0. The number of thiophene rings is 1. The molecule has 1 aromatic heterocycles. The molecule has 0 bridgehead atoms. The number of amides is 1. The van der Waals surface area contributed by atoms with Gasteiger partial charge in [0.25, 0.3) is 5.91 Å². The number of rotatable bonds is 5. The first-order valence-electron chi connectivity index (χ1n) is 10.3. The molecule has 2 aromatic rings. The lowest BCUT2D eigenvalue weighted by molar-refractivity contribution is -0.122. The number of carbonyl (C=O) groups excluding carboxylic acids is 1. The third-order valence-corrected chi connectivity index (χ3v) is 7.02. The minimum Gasteiger partial charge on any atom is -0.481 e. The minimum absolute atomic E-state index is 0.230. The zero-order valence-corrected chi connectivity index (χ0v) is 18.8. The zero-order chi connectivity index (χ0) is 21.2. The maximum Gasteiger partial charge on any atom is 0.265 e. The van der Waals surface area contributed by atoms with Crippen molar-refractivity contribution in [3.8, 4) is 11.8 Å². The van der Waals surface area contributed by atoms with Gasteiger partial charge in [0, 0.05) is 4.88 Å². The Hall–Kier alpha value is -2.32. The van der Waals surface area contributed by atoms with Gasteiger partial charge in [-0.1, -0.05) is 39.8 Å². The Morgan fingerprint density at radius 1 is 1.34 bits per heavy atom. The van der Waals surface area contributed by atoms with Gasteiger partial charge in [-0.3, -0.25) is 4.79 Å². The molecule has 1 aromatic carbocycles. The van der Waals surface area contributed by atoms with E-state index in [0.29, 0.717) is 22.2 Å². The summed E-state index contributed by atoms with van der Waals surface area (Å²) in [5.74, 6) is 1.04. The molecule has 0 fully saturated rings. The summed E-state index contributed by atoms with van der Waals surface area (Å²) >= 11 is 1.55. The van der Waals surface area contributed by atoms with Crippen LogP contribution in [0, 0.1) is 22.7 Å². The van der Waals surface area contributed by atoms with Gasteiger partial charge in [0.1, 0.15) is 16.8 Å². The molecule has 0 radical (unpaired) electrons. The smallest absolute Gasteiger partial charge is 0.265 e. The first-order valence-corrected chi connectivity index (χ1v) is 11.2. The second-order valence-corrected chi connectivity index (χ2v) is 9.98. The highest BCUT2D eigenvalue weighted by Crippen LogP contribution is 2.44. The van der Waals surface area contributed by atoms with E-state index in [1.807, 2.05) is 24.3 Å².